The second-order valence-corrected chi connectivity index (χ2v) is 2.91. The summed E-state index contributed by atoms with van der Waals surface area (Å²) >= 11 is 0. The van der Waals surface area contributed by atoms with Crippen molar-refractivity contribution in [1.29, 1.82) is 0 Å². The first-order valence-corrected chi connectivity index (χ1v) is 4.05. The van der Waals surface area contributed by atoms with Gasteiger partial charge < -0.3 is 4.74 Å². The van der Waals surface area contributed by atoms with Gasteiger partial charge in [-0.1, -0.05) is 0 Å². The molecule has 0 saturated heterocycles. The minimum Gasteiger partial charge on any atom is -0.406 e. The Balaban J connectivity index is 3.14. The number of carbonyl (C=O) groups is 1. The molecule has 0 heterocycles. The third kappa shape index (κ3) is 3.65. The number of carbonyl (C=O) groups excluding carboxylic acids is 1. The van der Waals surface area contributed by atoms with Gasteiger partial charge in [-0.15, -0.1) is 13.2 Å². The SMILES string of the molecule is O=Cc1cc(OC(F)(F)F)ccc1C(F)(F)F. The molecule has 0 radical (unpaired) electrons. The normalized spacial score (nSPS) is 12.4. The number of hydrogen-bond donors (Lipinski definition) is 0. The summed E-state index contributed by atoms with van der Waals surface area (Å²) in [7, 11) is 0. The molecule has 0 unspecified atom stereocenters. The van der Waals surface area contributed by atoms with Gasteiger partial charge in [-0.25, -0.2) is 0 Å². The van der Waals surface area contributed by atoms with Crippen LogP contribution in [0, 0.1) is 0 Å². The van der Waals surface area contributed by atoms with E-state index < -0.39 is 29.4 Å². The zero-order valence-corrected chi connectivity index (χ0v) is 7.89. The van der Waals surface area contributed by atoms with Crippen LogP contribution in [0.1, 0.15) is 15.9 Å². The maximum absolute atomic E-state index is 12.3. The summed E-state index contributed by atoms with van der Waals surface area (Å²) in [5, 5.41) is 0. The van der Waals surface area contributed by atoms with Crippen molar-refractivity contribution in [2.45, 2.75) is 12.5 Å². The summed E-state index contributed by atoms with van der Waals surface area (Å²) in [4.78, 5) is 10.4. The highest BCUT2D eigenvalue weighted by Gasteiger charge is 2.35. The summed E-state index contributed by atoms with van der Waals surface area (Å²) in [5.41, 5.74) is -2.23. The van der Waals surface area contributed by atoms with Crippen molar-refractivity contribution < 1.29 is 35.9 Å². The Bertz CT molecular complexity index is 420. The molecular weight excluding hydrogens is 254 g/mol. The minimum absolute atomic E-state index is 0.188. The molecule has 0 amide bonds. The molecule has 1 rings (SSSR count). The maximum atomic E-state index is 12.3. The molecule has 0 aliphatic carbocycles. The van der Waals surface area contributed by atoms with Crippen LogP contribution < -0.4 is 4.74 Å². The van der Waals surface area contributed by atoms with Crippen LogP contribution in [0.2, 0.25) is 0 Å². The van der Waals surface area contributed by atoms with Crippen LogP contribution in [-0.2, 0) is 6.18 Å². The number of alkyl halides is 6. The monoisotopic (exact) mass is 258 g/mol. The quantitative estimate of drug-likeness (QED) is 0.600. The van der Waals surface area contributed by atoms with E-state index in [4.69, 9.17) is 0 Å². The van der Waals surface area contributed by atoms with Crippen molar-refractivity contribution in [2.24, 2.45) is 0 Å². The Kier molecular flexibility index (Phi) is 3.35. The molecule has 0 saturated carbocycles. The van der Waals surface area contributed by atoms with Gasteiger partial charge >= 0.3 is 12.5 Å². The van der Waals surface area contributed by atoms with Gasteiger partial charge in [0.15, 0.2) is 6.29 Å². The smallest absolute Gasteiger partial charge is 0.406 e. The fourth-order valence-electron chi connectivity index (χ4n) is 1.09. The largest absolute Gasteiger partial charge is 0.573 e. The van der Waals surface area contributed by atoms with Crippen LogP contribution >= 0.6 is 0 Å². The molecule has 17 heavy (non-hydrogen) atoms. The molecule has 8 heteroatoms. The summed E-state index contributed by atoms with van der Waals surface area (Å²) in [6, 6.07) is 1.22. The molecule has 0 spiro atoms. The number of rotatable bonds is 2. The average Bonchev–Trinajstić information content (AvgIpc) is 2.13. The van der Waals surface area contributed by atoms with Gasteiger partial charge in [0.25, 0.3) is 0 Å². The Hall–Kier alpha value is -1.73. The number of halogens is 6. The van der Waals surface area contributed by atoms with Gasteiger partial charge in [0.05, 0.1) is 5.56 Å². The third-order valence-corrected chi connectivity index (χ3v) is 1.69. The fraction of sp³-hybridized carbons (Fsp3) is 0.222. The van der Waals surface area contributed by atoms with Crippen molar-refractivity contribution in [1.82, 2.24) is 0 Å². The standard InChI is InChI=1S/C9H4F6O2/c10-8(11,12)7-2-1-6(3-5(7)4-16)17-9(13,14)15/h1-4H. The molecule has 0 aliphatic rings. The van der Waals surface area contributed by atoms with E-state index >= 15 is 0 Å². The van der Waals surface area contributed by atoms with E-state index in [1.807, 2.05) is 0 Å². The molecule has 0 bridgehead atoms. The molecule has 94 valence electrons. The predicted octanol–water partition coefficient (Wildman–Crippen LogP) is 3.42. The highest BCUT2D eigenvalue weighted by molar-refractivity contribution is 5.78. The Labute approximate surface area is 90.8 Å². The second-order valence-electron chi connectivity index (χ2n) is 2.91. The number of benzene rings is 1. The van der Waals surface area contributed by atoms with Crippen LogP contribution in [-0.4, -0.2) is 12.6 Å². The molecule has 0 atom stereocenters. The molecule has 2 nitrogen and oxygen atoms in total. The third-order valence-electron chi connectivity index (χ3n) is 1.69. The van der Waals surface area contributed by atoms with Gasteiger partial charge in [-0.2, -0.15) is 13.2 Å². The molecule has 1 aromatic carbocycles. The van der Waals surface area contributed by atoms with Crippen molar-refractivity contribution in [3.63, 3.8) is 0 Å². The molecule has 0 aliphatic heterocycles. The summed E-state index contributed by atoms with van der Waals surface area (Å²) in [5.74, 6) is -0.882. The van der Waals surface area contributed by atoms with Crippen molar-refractivity contribution in [2.75, 3.05) is 0 Å². The predicted molar refractivity (Wildman–Crippen MR) is 43.5 cm³/mol. The Morgan fingerprint density at radius 3 is 2.06 bits per heavy atom. The average molecular weight is 258 g/mol. The minimum atomic E-state index is -5.03. The van der Waals surface area contributed by atoms with E-state index in [1.165, 1.54) is 0 Å². The fourth-order valence-corrected chi connectivity index (χ4v) is 1.09. The van der Waals surface area contributed by atoms with Crippen LogP contribution in [0.4, 0.5) is 26.3 Å². The first-order valence-electron chi connectivity index (χ1n) is 4.05. The molecule has 0 fully saturated rings. The lowest BCUT2D eigenvalue weighted by molar-refractivity contribution is -0.274. The van der Waals surface area contributed by atoms with Gasteiger partial charge in [0.1, 0.15) is 5.75 Å². The molecular formula is C9H4F6O2. The van der Waals surface area contributed by atoms with E-state index in [0.29, 0.717) is 18.2 Å². The zero-order chi connectivity index (χ0) is 13.3. The molecule has 1 aromatic rings. The first kappa shape index (κ1) is 13.3. The second kappa shape index (κ2) is 4.27. The Morgan fingerprint density at radius 1 is 1.06 bits per heavy atom. The van der Waals surface area contributed by atoms with E-state index in [0.717, 1.165) is 0 Å². The summed E-state index contributed by atoms with van der Waals surface area (Å²) < 4.78 is 75.6. The van der Waals surface area contributed by atoms with Gasteiger partial charge in [0.2, 0.25) is 0 Å². The van der Waals surface area contributed by atoms with E-state index in [1.54, 1.807) is 0 Å². The van der Waals surface area contributed by atoms with Crippen LogP contribution in [0.15, 0.2) is 18.2 Å². The highest BCUT2D eigenvalue weighted by atomic mass is 19.4. The van der Waals surface area contributed by atoms with E-state index in [-0.39, 0.29) is 6.29 Å². The number of hydrogen-bond acceptors (Lipinski definition) is 2. The van der Waals surface area contributed by atoms with Gasteiger partial charge in [-0.05, 0) is 18.2 Å². The van der Waals surface area contributed by atoms with Crippen LogP contribution in [0.5, 0.6) is 5.75 Å². The summed E-state index contributed by atoms with van der Waals surface area (Å²) in [6.07, 6.45) is -10.0. The highest BCUT2D eigenvalue weighted by Crippen LogP contribution is 2.34. The summed E-state index contributed by atoms with van der Waals surface area (Å²) in [6.45, 7) is 0. The topological polar surface area (TPSA) is 26.3 Å². The molecule has 0 aromatic heterocycles. The number of aldehydes is 1. The first-order chi connectivity index (χ1) is 7.63. The van der Waals surface area contributed by atoms with E-state index in [9.17, 15) is 31.1 Å². The zero-order valence-electron chi connectivity index (χ0n) is 7.89. The van der Waals surface area contributed by atoms with Crippen LogP contribution in [0.25, 0.3) is 0 Å². The van der Waals surface area contributed by atoms with Gasteiger partial charge in [0, 0.05) is 5.56 Å². The van der Waals surface area contributed by atoms with Crippen molar-refractivity contribution >= 4 is 6.29 Å². The van der Waals surface area contributed by atoms with Gasteiger partial charge in [-0.3, -0.25) is 4.79 Å². The maximum Gasteiger partial charge on any atom is 0.573 e. The number of ether oxygens (including phenoxy) is 1. The van der Waals surface area contributed by atoms with E-state index in [2.05, 4.69) is 4.74 Å². The molecule has 0 N–H and O–H groups in total. The lowest BCUT2D eigenvalue weighted by atomic mass is 10.1. The van der Waals surface area contributed by atoms with Crippen molar-refractivity contribution in [3.05, 3.63) is 29.3 Å². The van der Waals surface area contributed by atoms with Crippen molar-refractivity contribution in [3.8, 4) is 5.75 Å². The van der Waals surface area contributed by atoms with Crippen LogP contribution in [0.3, 0.4) is 0 Å². The Morgan fingerprint density at radius 2 is 1.65 bits per heavy atom. The lowest BCUT2D eigenvalue weighted by Gasteiger charge is -2.12. The lowest BCUT2D eigenvalue weighted by Crippen LogP contribution is -2.18.